The predicted molar refractivity (Wildman–Crippen MR) is 76.0 cm³/mol. The zero-order chi connectivity index (χ0) is 13.4. The Morgan fingerprint density at radius 2 is 1.80 bits per heavy atom. The highest BCUT2D eigenvalue weighted by Gasteiger charge is 2.17. The van der Waals surface area contributed by atoms with Crippen LogP contribution in [0.15, 0.2) is 60.9 Å². The summed E-state index contributed by atoms with van der Waals surface area (Å²) in [6, 6.07) is 15.9. The van der Waals surface area contributed by atoms with Crippen molar-refractivity contribution in [3.63, 3.8) is 0 Å². The van der Waals surface area contributed by atoms with E-state index < -0.39 is 0 Å². The van der Waals surface area contributed by atoms with Gasteiger partial charge in [-0.1, -0.05) is 36.4 Å². The number of pyridine rings is 1. The van der Waals surface area contributed by atoms with Crippen LogP contribution >= 0.6 is 0 Å². The normalized spacial score (nSPS) is 11.0. The van der Waals surface area contributed by atoms with E-state index in [4.69, 9.17) is 0 Å². The van der Waals surface area contributed by atoms with Crippen LogP contribution in [-0.4, -0.2) is 24.8 Å². The molecule has 0 aliphatic carbocycles. The minimum atomic E-state index is 0.782. The van der Waals surface area contributed by atoms with E-state index in [1.807, 2.05) is 40.9 Å². The van der Waals surface area contributed by atoms with Gasteiger partial charge >= 0.3 is 0 Å². The van der Waals surface area contributed by atoms with Crippen LogP contribution in [0.5, 0.6) is 0 Å². The highest BCUT2D eigenvalue weighted by Crippen LogP contribution is 2.30. The van der Waals surface area contributed by atoms with E-state index in [0.29, 0.717) is 0 Å². The molecule has 20 heavy (non-hydrogen) atoms. The SMILES string of the molecule is c1ccc(-c2c(-c3ccccn3)nc3cn[nH]n23)cc1. The summed E-state index contributed by atoms with van der Waals surface area (Å²) in [5.74, 6) is 0. The number of H-pyrrole nitrogens is 1. The van der Waals surface area contributed by atoms with Crippen molar-refractivity contribution in [1.82, 2.24) is 24.8 Å². The summed E-state index contributed by atoms with van der Waals surface area (Å²) in [6.07, 6.45) is 3.48. The lowest BCUT2D eigenvalue weighted by molar-refractivity contribution is 0.868. The summed E-state index contributed by atoms with van der Waals surface area (Å²) < 4.78 is 1.87. The molecule has 0 saturated carbocycles. The van der Waals surface area contributed by atoms with Gasteiger partial charge in [0, 0.05) is 11.8 Å². The molecule has 5 heteroatoms. The van der Waals surface area contributed by atoms with Crippen LogP contribution in [0.2, 0.25) is 0 Å². The van der Waals surface area contributed by atoms with E-state index in [9.17, 15) is 0 Å². The Labute approximate surface area is 114 Å². The molecule has 1 N–H and O–H groups in total. The predicted octanol–water partition coefficient (Wildman–Crippen LogP) is 2.79. The summed E-state index contributed by atoms with van der Waals surface area (Å²) >= 11 is 0. The zero-order valence-electron chi connectivity index (χ0n) is 10.6. The molecule has 4 rings (SSSR count). The Balaban J connectivity index is 2.05. The molecule has 0 bridgehead atoms. The number of hydrogen-bond acceptors (Lipinski definition) is 3. The van der Waals surface area contributed by atoms with Gasteiger partial charge in [0.05, 0.1) is 11.9 Å². The fraction of sp³-hybridized carbons (Fsp3) is 0. The number of rotatable bonds is 2. The molecule has 4 aromatic rings. The average molecular weight is 261 g/mol. The zero-order valence-corrected chi connectivity index (χ0v) is 10.6. The van der Waals surface area contributed by atoms with Gasteiger partial charge in [-0.2, -0.15) is 5.10 Å². The highest BCUT2D eigenvalue weighted by atomic mass is 15.4. The van der Waals surface area contributed by atoms with Crippen LogP contribution < -0.4 is 0 Å². The minimum Gasteiger partial charge on any atom is -0.255 e. The van der Waals surface area contributed by atoms with Crippen molar-refractivity contribution in [2.45, 2.75) is 0 Å². The molecule has 0 amide bonds. The van der Waals surface area contributed by atoms with Crippen molar-refractivity contribution in [3.8, 4) is 22.6 Å². The molecular formula is C15H11N5. The third-order valence-electron chi connectivity index (χ3n) is 3.20. The lowest BCUT2D eigenvalue weighted by atomic mass is 10.1. The van der Waals surface area contributed by atoms with Crippen molar-refractivity contribution in [2.75, 3.05) is 0 Å². The molecule has 0 spiro atoms. The van der Waals surface area contributed by atoms with Crippen molar-refractivity contribution in [3.05, 3.63) is 60.9 Å². The van der Waals surface area contributed by atoms with Crippen LogP contribution in [0.3, 0.4) is 0 Å². The Bertz CT molecular complexity index is 846. The lowest BCUT2D eigenvalue weighted by Gasteiger charge is -2.03. The van der Waals surface area contributed by atoms with Crippen LogP contribution in [0.1, 0.15) is 0 Å². The van der Waals surface area contributed by atoms with Gasteiger partial charge in [-0.25, -0.2) is 14.7 Å². The fourth-order valence-electron chi connectivity index (χ4n) is 2.31. The number of nitrogens with zero attached hydrogens (tertiary/aromatic N) is 4. The monoisotopic (exact) mass is 261 g/mol. The lowest BCUT2D eigenvalue weighted by Crippen LogP contribution is -1.92. The van der Waals surface area contributed by atoms with E-state index >= 15 is 0 Å². The van der Waals surface area contributed by atoms with E-state index in [-0.39, 0.29) is 0 Å². The van der Waals surface area contributed by atoms with Gasteiger partial charge in [-0.05, 0) is 12.1 Å². The molecule has 3 aromatic heterocycles. The van der Waals surface area contributed by atoms with Gasteiger partial charge < -0.3 is 0 Å². The number of hydrogen-bond donors (Lipinski definition) is 1. The average Bonchev–Trinajstić information content (AvgIpc) is 3.09. The van der Waals surface area contributed by atoms with Crippen molar-refractivity contribution >= 4 is 5.65 Å². The van der Waals surface area contributed by atoms with Crippen LogP contribution in [-0.2, 0) is 0 Å². The molecule has 5 nitrogen and oxygen atoms in total. The van der Waals surface area contributed by atoms with Gasteiger partial charge in [0.2, 0.25) is 0 Å². The highest BCUT2D eigenvalue weighted by molar-refractivity contribution is 5.79. The maximum Gasteiger partial charge on any atom is 0.174 e. The van der Waals surface area contributed by atoms with Gasteiger partial charge in [0.15, 0.2) is 5.65 Å². The largest absolute Gasteiger partial charge is 0.255 e. The van der Waals surface area contributed by atoms with Crippen LogP contribution in [0.25, 0.3) is 28.3 Å². The van der Waals surface area contributed by atoms with Gasteiger partial charge in [-0.3, -0.25) is 4.98 Å². The van der Waals surface area contributed by atoms with E-state index in [2.05, 4.69) is 32.4 Å². The number of imidazole rings is 1. The standard InChI is InChI=1S/C15H11N5/c1-2-6-11(7-3-1)15-14(12-8-4-5-9-16-12)18-13-10-17-19-20(13)15/h1-10,19H. The molecule has 1 aromatic carbocycles. The summed E-state index contributed by atoms with van der Waals surface area (Å²) in [5, 5.41) is 6.99. The fourth-order valence-corrected chi connectivity index (χ4v) is 2.31. The second-order valence-electron chi connectivity index (χ2n) is 4.44. The van der Waals surface area contributed by atoms with E-state index in [0.717, 1.165) is 28.3 Å². The molecule has 96 valence electrons. The first-order valence-corrected chi connectivity index (χ1v) is 6.32. The topological polar surface area (TPSA) is 58.9 Å². The summed E-state index contributed by atoms with van der Waals surface area (Å²) in [6.45, 7) is 0. The maximum absolute atomic E-state index is 4.63. The Kier molecular flexibility index (Phi) is 2.35. The van der Waals surface area contributed by atoms with Gasteiger partial charge in [-0.15, -0.1) is 0 Å². The molecule has 3 heterocycles. The molecule has 0 aliphatic rings. The first-order valence-electron chi connectivity index (χ1n) is 6.32. The van der Waals surface area contributed by atoms with Crippen molar-refractivity contribution in [1.29, 1.82) is 0 Å². The molecule has 0 fully saturated rings. The van der Waals surface area contributed by atoms with Crippen LogP contribution in [0, 0.1) is 0 Å². The number of aromatic nitrogens is 5. The number of fused-ring (bicyclic) bond motifs is 1. The molecule has 0 saturated heterocycles. The molecule has 0 unspecified atom stereocenters. The first-order chi connectivity index (χ1) is 9.93. The quantitative estimate of drug-likeness (QED) is 0.603. The number of benzene rings is 1. The Hall–Kier alpha value is -2.95. The summed E-state index contributed by atoms with van der Waals surface area (Å²) in [4.78, 5) is 9.03. The van der Waals surface area contributed by atoms with Crippen molar-refractivity contribution in [2.24, 2.45) is 0 Å². The second-order valence-corrected chi connectivity index (χ2v) is 4.44. The molecule has 0 radical (unpaired) electrons. The first kappa shape index (κ1) is 10.9. The summed E-state index contributed by atoms with van der Waals surface area (Å²) in [5.41, 5.74) is 4.53. The maximum atomic E-state index is 4.63. The summed E-state index contributed by atoms with van der Waals surface area (Å²) in [7, 11) is 0. The second kappa shape index (κ2) is 4.31. The van der Waals surface area contributed by atoms with Gasteiger partial charge in [0.1, 0.15) is 11.4 Å². The number of nitrogens with one attached hydrogen (secondary N) is 1. The Morgan fingerprint density at radius 3 is 2.60 bits per heavy atom. The van der Waals surface area contributed by atoms with E-state index in [1.165, 1.54) is 0 Å². The minimum absolute atomic E-state index is 0.782. The van der Waals surface area contributed by atoms with Gasteiger partial charge in [0.25, 0.3) is 0 Å². The smallest absolute Gasteiger partial charge is 0.174 e. The van der Waals surface area contributed by atoms with E-state index in [1.54, 1.807) is 12.4 Å². The third-order valence-corrected chi connectivity index (χ3v) is 3.20. The number of aromatic amines is 1. The molecular weight excluding hydrogens is 250 g/mol. The molecule has 0 aliphatic heterocycles. The van der Waals surface area contributed by atoms with Crippen LogP contribution in [0.4, 0.5) is 0 Å². The third kappa shape index (κ3) is 1.60. The molecule has 0 atom stereocenters. The Morgan fingerprint density at radius 1 is 0.950 bits per heavy atom. The van der Waals surface area contributed by atoms with Crippen molar-refractivity contribution < 1.29 is 0 Å².